The minimum atomic E-state index is 0.622. The molecule has 1 aromatic rings. The number of hydrogen-bond donors (Lipinski definition) is 1. The van der Waals surface area contributed by atoms with Crippen molar-refractivity contribution < 1.29 is 0 Å². The minimum absolute atomic E-state index is 0.622. The van der Waals surface area contributed by atoms with Crippen LogP contribution >= 0.6 is 0 Å². The first-order chi connectivity index (χ1) is 6.88. The van der Waals surface area contributed by atoms with Gasteiger partial charge in [-0.3, -0.25) is 0 Å². The monoisotopic (exact) mass is 187 g/mol. The lowest BCUT2D eigenvalue weighted by Gasteiger charge is -2.37. The van der Waals surface area contributed by atoms with Gasteiger partial charge in [-0.15, -0.1) is 0 Å². The van der Waals surface area contributed by atoms with Crippen LogP contribution in [0.4, 0.5) is 0 Å². The quantitative estimate of drug-likeness (QED) is 0.713. The Kier molecular flexibility index (Phi) is 1.88. The number of benzene rings is 1. The first-order valence-electron chi connectivity index (χ1n) is 5.66. The van der Waals surface area contributed by atoms with Gasteiger partial charge in [-0.2, -0.15) is 0 Å². The molecule has 1 nitrogen and oxygen atoms in total. The fourth-order valence-electron chi connectivity index (χ4n) is 2.90. The number of hydrogen-bond acceptors (Lipinski definition) is 1. The van der Waals surface area contributed by atoms with Crippen LogP contribution < -0.4 is 5.32 Å². The molecule has 0 bridgehead atoms. The van der Waals surface area contributed by atoms with Gasteiger partial charge in [0.15, 0.2) is 0 Å². The predicted octanol–water partition coefficient (Wildman–Crippen LogP) is 2.89. The zero-order chi connectivity index (χ0) is 9.43. The molecule has 74 valence electrons. The van der Waals surface area contributed by atoms with Crippen LogP contribution in [0.15, 0.2) is 30.3 Å². The lowest BCUT2D eigenvalue weighted by atomic mass is 9.67. The molecule has 0 amide bonds. The fourth-order valence-corrected chi connectivity index (χ4v) is 2.90. The lowest BCUT2D eigenvalue weighted by molar-refractivity contribution is 0.158. The van der Waals surface area contributed by atoms with Crippen LogP contribution in [0.2, 0.25) is 0 Å². The van der Waals surface area contributed by atoms with Crippen molar-refractivity contribution in [3.05, 3.63) is 35.9 Å². The normalized spacial score (nSPS) is 29.0. The maximum absolute atomic E-state index is 3.67. The van der Waals surface area contributed by atoms with Gasteiger partial charge < -0.3 is 5.32 Å². The van der Waals surface area contributed by atoms with Crippen LogP contribution in [-0.2, 0) is 0 Å². The third kappa shape index (κ3) is 1.27. The largest absolute Gasteiger partial charge is 0.309 e. The highest BCUT2D eigenvalue weighted by molar-refractivity contribution is 5.21. The Morgan fingerprint density at radius 2 is 1.93 bits per heavy atom. The Hall–Kier alpha value is -0.820. The highest BCUT2D eigenvalue weighted by atomic mass is 15.0. The van der Waals surface area contributed by atoms with E-state index in [-0.39, 0.29) is 0 Å². The summed E-state index contributed by atoms with van der Waals surface area (Å²) in [4.78, 5) is 0. The number of rotatable bonds is 1. The Bertz CT molecular complexity index is 313. The average molecular weight is 187 g/mol. The van der Waals surface area contributed by atoms with Crippen LogP contribution in [-0.4, -0.2) is 6.54 Å². The third-order valence-corrected chi connectivity index (χ3v) is 3.98. The average Bonchev–Trinajstić information content (AvgIpc) is 2.63. The zero-order valence-electron chi connectivity index (χ0n) is 8.50. The fraction of sp³-hybridized carbons (Fsp3) is 0.538. The van der Waals surface area contributed by atoms with Gasteiger partial charge in [0, 0.05) is 12.6 Å². The van der Waals surface area contributed by atoms with Crippen molar-refractivity contribution in [2.75, 3.05) is 6.54 Å². The van der Waals surface area contributed by atoms with Gasteiger partial charge in [-0.25, -0.2) is 0 Å². The van der Waals surface area contributed by atoms with Crippen LogP contribution in [0, 0.1) is 5.41 Å². The molecule has 1 spiro atoms. The molecule has 1 saturated carbocycles. The SMILES string of the molecule is c1ccc(C2CC3(CCC3)CN2)cc1. The molecule has 2 aliphatic rings. The van der Waals surface area contributed by atoms with Crippen LogP contribution in [0.25, 0.3) is 0 Å². The van der Waals surface area contributed by atoms with Crippen molar-refractivity contribution in [3.8, 4) is 0 Å². The molecule has 14 heavy (non-hydrogen) atoms. The molecule has 1 aliphatic carbocycles. The van der Waals surface area contributed by atoms with Gasteiger partial charge in [-0.05, 0) is 30.2 Å². The summed E-state index contributed by atoms with van der Waals surface area (Å²) in [6.07, 6.45) is 5.70. The van der Waals surface area contributed by atoms with Crippen molar-refractivity contribution in [2.24, 2.45) is 5.41 Å². The standard InChI is InChI=1S/C13H17N/c1-2-5-11(6-3-1)12-9-13(10-14-12)7-4-8-13/h1-3,5-6,12,14H,4,7-10H2. The van der Waals surface area contributed by atoms with E-state index < -0.39 is 0 Å². The topological polar surface area (TPSA) is 12.0 Å². The van der Waals surface area contributed by atoms with Crippen molar-refractivity contribution in [1.82, 2.24) is 5.32 Å². The van der Waals surface area contributed by atoms with Crippen LogP contribution in [0.3, 0.4) is 0 Å². The second kappa shape index (κ2) is 3.09. The van der Waals surface area contributed by atoms with E-state index in [0.29, 0.717) is 11.5 Å². The summed E-state index contributed by atoms with van der Waals surface area (Å²) >= 11 is 0. The van der Waals surface area contributed by atoms with Gasteiger partial charge in [0.05, 0.1) is 0 Å². The molecule has 1 heteroatoms. The van der Waals surface area contributed by atoms with Crippen molar-refractivity contribution in [1.29, 1.82) is 0 Å². The Morgan fingerprint density at radius 3 is 2.50 bits per heavy atom. The Balaban J connectivity index is 1.76. The summed E-state index contributed by atoms with van der Waals surface area (Å²) < 4.78 is 0. The van der Waals surface area contributed by atoms with E-state index in [4.69, 9.17) is 0 Å². The summed E-state index contributed by atoms with van der Waals surface area (Å²) in [6, 6.07) is 11.5. The van der Waals surface area contributed by atoms with E-state index in [1.807, 2.05) is 0 Å². The molecule has 0 radical (unpaired) electrons. The first-order valence-corrected chi connectivity index (χ1v) is 5.66. The summed E-state index contributed by atoms with van der Waals surface area (Å²) in [5.41, 5.74) is 2.15. The molecule has 1 N–H and O–H groups in total. The maximum atomic E-state index is 3.67. The van der Waals surface area contributed by atoms with Gasteiger partial charge in [0.25, 0.3) is 0 Å². The van der Waals surface area contributed by atoms with Crippen molar-refractivity contribution >= 4 is 0 Å². The number of nitrogens with one attached hydrogen (secondary N) is 1. The molecule has 2 fully saturated rings. The summed E-state index contributed by atoms with van der Waals surface area (Å²) in [5, 5.41) is 3.67. The summed E-state index contributed by atoms with van der Waals surface area (Å²) in [5.74, 6) is 0. The molecule has 1 saturated heterocycles. The molecule has 1 heterocycles. The minimum Gasteiger partial charge on any atom is -0.309 e. The highest BCUT2D eigenvalue weighted by Crippen LogP contribution is 2.50. The smallest absolute Gasteiger partial charge is 0.0326 e. The first kappa shape index (κ1) is 8.49. The molecular formula is C13H17N. The molecule has 3 rings (SSSR count). The molecule has 1 aliphatic heterocycles. The van der Waals surface area contributed by atoms with Crippen molar-refractivity contribution in [2.45, 2.75) is 31.7 Å². The van der Waals surface area contributed by atoms with Crippen LogP contribution in [0.5, 0.6) is 0 Å². The van der Waals surface area contributed by atoms with E-state index in [1.54, 1.807) is 0 Å². The van der Waals surface area contributed by atoms with Crippen LogP contribution in [0.1, 0.15) is 37.3 Å². The molecule has 1 unspecified atom stereocenters. The van der Waals surface area contributed by atoms with Gasteiger partial charge in [0.1, 0.15) is 0 Å². The lowest BCUT2D eigenvalue weighted by Crippen LogP contribution is -2.31. The van der Waals surface area contributed by atoms with E-state index in [2.05, 4.69) is 35.6 Å². The van der Waals surface area contributed by atoms with E-state index in [9.17, 15) is 0 Å². The second-order valence-corrected chi connectivity index (χ2v) is 4.90. The molecule has 1 aromatic carbocycles. The predicted molar refractivity (Wildman–Crippen MR) is 58.1 cm³/mol. The summed E-state index contributed by atoms with van der Waals surface area (Å²) in [6.45, 7) is 1.24. The van der Waals surface area contributed by atoms with Crippen molar-refractivity contribution in [3.63, 3.8) is 0 Å². The highest BCUT2D eigenvalue weighted by Gasteiger charge is 2.43. The molecule has 1 atom stereocenters. The second-order valence-electron chi connectivity index (χ2n) is 4.90. The van der Waals surface area contributed by atoms with Gasteiger partial charge >= 0.3 is 0 Å². The van der Waals surface area contributed by atoms with Gasteiger partial charge in [-0.1, -0.05) is 36.8 Å². The molecular weight excluding hydrogens is 170 g/mol. The Labute approximate surface area is 85.5 Å². The molecule has 0 aromatic heterocycles. The Morgan fingerprint density at radius 1 is 1.14 bits per heavy atom. The van der Waals surface area contributed by atoms with E-state index in [0.717, 1.165) is 0 Å². The third-order valence-electron chi connectivity index (χ3n) is 3.98. The van der Waals surface area contributed by atoms with E-state index >= 15 is 0 Å². The van der Waals surface area contributed by atoms with E-state index in [1.165, 1.54) is 37.8 Å². The maximum Gasteiger partial charge on any atom is 0.0326 e. The summed E-state index contributed by atoms with van der Waals surface area (Å²) in [7, 11) is 0. The zero-order valence-corrected chi connectivity index (χ0v) is 8.50. The van der Waals surface area contributed by atoms with Gasteiger partial charge in [0.2, 0.25) is 0 Å².